The highest BCUT2D eigenvalue weighted by Crippen LogP contribution is 2.18. The van der Waals surface area contributed by atoms with E-state index < -0.39 is 15.6 Å². The summed E-state index contributed by atoms with van der Waals surface area (Å²) in [5, 5.41) is 12.8. The van der Waals surface area contributed by atoms with E-state index in [9.17, 15) is 18.3 Å². The van der Waals surface area contributed by atoms with Crippen molar-refractivity contribution in [2.45, 2.75) is 43.6 Å². The van der Waals surface area contributed by atoms with Gasteiger partial charge < -0.3 is 15.2 Å². The van der Waals surface area contributed by atoms with Gasteiger partial charge in [-0.3, -0.25) is 4.79 Å². The lowest BCUT2D eigenvalue weighted by Gasteiger charge is -2.20. The van der Waals surface area contributed by atoms with Crippen LogP contribution in [-0.4, -0.2) is 62.2 Å². The molecule has 0 unspecified atom stereocenters. The van der Waals surface area contributed by atoms with E-state index in [1.807, 2.05) is 13.8 Å². The van der Waals surface area contributed by atoms with Crippen LogP contribution in [0.2, 0.25) is 0 Å². The SMILES string of the molecule is CCN(CC)S(=O)(=O)c1ccc(CCC(=O)NC[C@]2(O)CCOC2)cc1. The molecule has 1 heterocycles. The standard InChI is InChI=1S/C18H28N2O5S/c1-3-20(4-2)26(23,24)16-8-5-15(6-9-16)7-10-17(21)19-13-18(22)11-12-25-14-18/h5-6,8-9,22H,3-4,7,10-14H2,1-2H3,(H,19,21)/t18-/m1/s1. The fourth-order valence-corrected chi connectivity index (χ4v) is 4.34. The molecule has 1 fully saturated rings. The van der Waals surface area contributed by atoms with Crippen molar-refractivity contribution in [3.05, 3.63) is 29.8 Å². The lowest BCUT2D eigenvalue weighted by molar-refractivity contribution is -0.122. The van der Waals surface area contributed by atoms with Crippen molar-refractivity contribution in [2.75, 3.05) is 32.8 Å². The summed E-state index contributed by atoms with van der Waals surface area (Å²) in [6, 6.07) is 6.64. The van der Waals surface area contributed by atoms with E-state index in [1.54, 1.807) is 24.3 Å². The highest BCUT2D eigenvalue weighted by molar-refractivity contribution is 7.89. The molecule has 1 aliphatic heterocycles. The van der Waals surface area contributed by atoms with Gasteiger partial charge >= 0.3 is 0 Å². The number of carbonyl (C=O) groups excluding carboxylic acids is 1. The Bertz CT molecular complexity index is 693. The molecule has 1 aromatic carbocycles. The van der Waals surface area contributed by atoms with Crippen LogP contribution in [0.1, 0.15) is 32.3 Å². The third-order valence-electron chi connectivity index (χ3n) is 4.60. The van der Waals surface area contributed by atoms with Crippen molar-refractivity contribution < 1.29 is 23.1 Å². The first-order valence-corrected chi connectivity index (χ1v) is 10.4. The fraction of sp³-hybridized carbons (Fsp3) is 0.611. The largest absolute Gasteiger partial charge is 0.386 e. The molecule has 1 atom stereocenters. The number of hydrogen-bond donors (Lipinski definition) is 2. The maximum atomic E-state index is 12.4. The van der Waals surface area contributed by atoms with E-state index in [2.05, 4.69) is 5.32 Å². The van der Waals surface area contributed by atoms with Crippen LogP contribution in [0.5, 0.6) is 0 Å². The number of carbonyl (C=O) groups is 1. The molecule has 0 bridgehead atoms. The van der Waals surface area contributed by atoms with Gasteiger partial charge in [-0.2, -0.15) is 4.31 Å². The first-order valence-electron chi connectivity index (χ1n) is 8.96. The molecule has 0 radical (unpaired) electrons. The number of rotatable bonds is 9. The van der Waals surface area contributed by atoms with Crippen LogP contribution in [0, 0.1) is 0 Å². The summed E-state index contributed by atoms with van der Waals surface area (Å²) >= 11 is 0. The molecule has 0 aliphatic carbocycles. The summed E-state index contributed by atoms with van der Waals surface area (Å²) in [4.78, 5) is 12.2. The van der Waals surface area contributed by atoms with E-state index in [0.29, 0.717) is 32.5 Å². The van der Waals surface area contributed by atoms with Crippen LogP contribution in [0.15, 0.2) is 29.2 Å². The van der Waals surface area contributed by atoms with Gasteiger partial charge in [0.25, 0.3) is 0 Å². The monoisotopic (exact) mass is 384 g/mol. The maximum Gasteiger partial charge on any atom is 0.243 e. The number of hydrogen-bond acceptors (Lipinski definition) is 5. The molecular weight excluding hydrogens is 356 g/mol. The Labute approximate surface area is 155 Å². The Morgan fingerprint density at radius 2 is 1.92 bits per heavy atom. The quantitative estimate of drug-likeness (QED) is 0.660. The van der Waals surface area contributed by atoms with E-state index in [1.165, 1.54) is 4.31 Å². The van der Waals surface area contributed by atoms with E-state index in [-0.39, 0.29) is 30.4 Å². The zero-order valence-corrected chi connectivity index (χ0v) is 16.2. The Hall–Kier alpha value is -1.48. The Balaban J connectivity index is 1.86. The van der Waals surface area contributed by atoms with Crippen LogP contribution in [-0.2, 0) is 26.0 Å². The summed E-state index contributed by atoms with van der Waals surface area (Å²) in [6.45, 7) is 5.42. The summed E-state index contributed by atoms with van der Waals surface area (Å²) in [5.41, 5.74) is -0.0719. The molecule has 1 amide bonds. The van der Waals surface area contributed by atoms with Gasteiger partial charge in [0.1, 0.15) is 5.60 Å². The number of benzene rings is 1. The van der Waals surface area contributed by atoms with Gasteiger partial charge in [0.2, 0.25) is 15.9 Å². The zero-order chi connectivity index (χ0) is 19.2. The molecule has 1 aliphatic rings. The number of nitrogens with one attached hydrogen (secondary N) is 1. The molecule has 1 saturated heterocycles. The Kier molecular flexibility index (Phi) is 7.16. The van der Waals surface area contributed by atoms with Crippen LogP contribution in [0.3, 0.4) is 0 Å². The summed E-state index contributed by atoms with van der Waals surface area (Å²) < 4.78 is 31.4. The van der Waals surface area contributed by atoms with Crippen molar-refractivity contribution in [3.8, 4) is 0 Å². The summed E-state index contributed by atoms with van der Waals surface area (Å²) in [7, 11) is -3.46. The second-order valence-corrected chi connectivity index (χ2v) is 8.47. The summed E-state index contributed by atoms with van der Waals surface area (Å²) in [5.74, 6) is -0.148. The zero-order valence-electron chi connectivity index (χ0n) is 15.4. The van der Waals surface area contributed by atoms with Gasteiger partial charge in [0.05, 0.1) is 11.5 Å². The second-order valence-electron chi connectivity index (χ2n) is 6.54. The molecule has 26 heavy (non-hydrogen) atoms. The topological polar surface area (TPSA) is 95.9 Å². The molecule has 1 aromatic rings. The molecule has 7 nitrogen and oxygen atoms in total. The predicted octanol–water partition coefficient (Wildman–Crippen LogP) is 0.917. The van der Waals surface area contributed by atoms with Crippen molar-refractivity contribution in [2.24, 2.45) is 0 Å². The molecule has 146 valence electrons. The Morgan fingerprint density at radius 1 is 1.27 bits per heavy atom. The maximum absolute atomic E-state index is 12.4. The number of nitrogens with zero attached hydrogens (tertiary/aromatic N) is 1. The predicted molar refractivity (Wildman–Crippen MR) is 98.3 cm³/mol. The fourth-order valence-electron chi connectivity index (χ4n) is 2.89. The number of ether oxygens (including phenoxy) is 1. The number of amides is 1. The van der Waals surface area contributed by atoms with Crippen molar-refractivity contribution in [3.63, 3.8) is 0 Å². The minimum Gasteiger partial charge on any atom is -0.386 e. The molecule has 0 saturated carbocycles. The normalized spacial score (nSPS) is 20.5. The first kappa shape index (κ1) is 20.8. The van der Waals surface area contributed by atoms with E-state index in [0.717, 1.165) is 5.56 Å². The lowest BCUT2D eigenvalue weighted by Crippen LogP contribution is -2.43. The number of aryl methyl sites for hydroxylation is 1. The van der Waals surface area contributed by atoms with E-state index >= 15 is 0 Å². The smallest absolute Gasteiger partial charge is 0.243 e. The average Bonchev–Trinajstić information content (AvgIpc) is 3.06. The van der Waals surface area contributed by atoms with Gasteiger partial charge in [0, 0.05) is 39.1 Å². The van der Waals surface area contributed by atoms with Crippen LogP contribution in [0.25, 0.3) is 0 Å². The Morgan fingerprint density at radius 3 is 2.46 bits per heavy atom. The van der Waals surface area contributed by atoms with Gasteiger partial charge in [-0.25, -0.2) is 8.42 Å². The van der Waals surface area contributed by atoms with E-state index in [4.69, 9.17) is 4.74 Å². The van der Waals surface area contributed by atoms with Crippen LogP contribution < -0.4 is 5.32 Å². The van der Waals surface area contributed by atoms with Crippen molar-refractivity contribution >= 4 is 15.9 Å². The average molecular weight is 384 g/mol. The number of aliphatic hydroxyl groups is 1. The molecular formula is C18H28N2O5S. The second kappa shape index (κ2) is 8.94. The van der Waals surface area contributed by atoms with Crippen LogP contribution in [0.4, 0.5) is 0 Å². The van der Waals surface area contributed by atoms with Gasteiger partial charge in [-0.15, -0.1) is 0 Å². The van der Waals surface area contributed by atoms with Crippen molar-refractivity contribution in [1.82, 2.24) is 9.62 Å². The third kappa shape index (κ3) is 5.26. The first-order chi connectivity index (χ1) is 12.3. The minimum atomic E-state index is -3.46. The number of sulfonamides is 1. The highest BCUT2D eigenvalue weighted by Gasteiger charge is 2.32. The third-order valence-corrected chi connectivity index (χ3v) is 6.67. The highest BCUT2D eigenvalue weighted by atomic mass is 32.2. The lowest BCUT2D eigenvalue weighted by atomic mass is 10.0. The molecule has 2 rings (SSSR count). The molecule has 0 spiro atoms. The van der Waals surface area contributed by atoms with Crippen molar-refractivity contribution in [1.29, 1.82) is 0 Å². The van der Waals surface area contributed by atoms with Gasteiger partial charge in [-0.05, 0) is 24.1 Å². The molecule has 2 N–H and O–H groups in total. The molecule has 0 aromatic heterocycles. The van der Waals surface area contributed by atoms with Gasteiger partial charge in [0.15, 0.2) is 0 Å². The minimum absolute atomic E-state index is 0.148. The summed E-state index contributed by atoms with van der Waals surface area (Å²) in [6.07, 6.45) is 1.31. The van der Waals surface area contributed by atoms with Crippen LogP contribution >= 0.6 is 0 Å². The molecule has 8 heteroatoms. The van der Waals surface area contributed by atoms with Gasteiger partial charge in [-0.1, -0.05) is 26.0 Å².